The van der Waals surface area contributed by atoms with Gasteiger partial charge in [0.25, 0.3) is 5.91 Å². The maximum atomic E-state index is 12.7. The fourth-order valence-corrected chi connectivity index (χ4v) is 2.91. The number of pyridine rings is 1. The molecule has 3 rings (SSSR count). The van der Waals surface area contributed by atoms with Crippen molar-refractivity contribution in [2.45, 2.75) is 18.7 Å². The summed E-state index contributed by atoms with van der Waals surface area (Å²) < 4.78 is 5.56. The summed E-state index contributed by atoms with van der Waals surface area (Å²) in [5, 5.41) is 3.45. The molecule has 1 aromatic heterocycles. The molecule has 6 nitrogen and oxygen atoms in total. The third-order valence-electron chi connectivity index (χ3n) is 4.17. The van der Waals surface area contributed by atoms with Crippen LogP contribution >= 0.6 is 11.6 Å². The highest BCUT2D eigenvalue weighted by Crippen LogP contribution is 2.30. The topological polar surface area (TPSA) is 71.5 Å². The smallest absolute Gasteiger partial charge is 0.251 e. The first-order valence-corrected chi connectivity index (χ1v) is 8.23. The number of carbonyl (C=O) groups is 2. The van der Waals surface area contributed by atoms with Gasteiger partial charge in [-0.15, -0.1) is 0 Å². The highest BCUT2D eigenvalue weighted by atomic mass is 35.5. The lowest BCUT2D eigenvalue weighted by atomic mass is 9.97. The maximum Gasteiger partial charge on any atom is 0.251 e. The number of nitrogens with one attached hydrogen (secondary N) is 1. The van der Waals surface area contributed by atoms with Crippen LogP contribution in [0.25, 0.3) is 0 Å². The average molecular weight is 360 g/mol. The number of carbonyl (C=O) groups excluding carboxylic acids is 2. The van der Waals surface area contributed by atoms with Crippen molar-refractivity contribution in [3.8, 4) is 0 Å². The molecule has 0 radical (unpaired) electrons. The van der Waals surface area contributed by atoms with Crippen molar-refractivity contribution in [2.24, 2.45) is 0 Å². The molecular formula is C18H18ClN3O3. The van der Waals surface area contributed by atoms with E-state index in [0.29, 0.717) is 11.6 Å². The number of amides is 2. The summed E-state index contributed by atoms with van der Waals surface area (Å²) in [6.07, 6.45) is 2.55. The first-order chi connectivity index (χ1) is 12.1. The molecule has 130 valence electrons. The molecule has 2 atom stereocenters. The molecule has 1 saturated heterocycles. The van der Waals surface area contributed by atoms with Crippen LogP contribution in [0.15, 0.2) is 48.8 Å². The Bertz CT molecular complexity index is 752. The number of ether oxygens (including phenoxy) is 1. The second kappa shape index (κ2) is 7.63. The van der Waals surface area contributed by atoms with Gasteiger partial charge in [-0.25, -0.2) is 0 Å². The lowest BCUT2D eigenvalue weighted by Gasteiger charge is -2.38. The minimum Gasteiger partial charge on any atom is -0.356 e. The molecule has 2 aromatic rings. The van der Waals surface area contributed by atoms with Crippen LogP contribution in [-0.4, -0.2) is 41.5 Å². The number of nitrogens with zero attached hydrogens (tertiary/aromatic N) is 2. The number of morpholine rings is 1. The largest absolute Gasteiger partial charge is 0.356 e. The first-order valence-electron chi connectivity index (χ1n) is 7.85. The summed E-state index contributed by atoms with van der Waals surface area (Å²) in [5.41, 5.74) is 1.73. The van der Waals surface area contributed by atoms with Crippen molar-refractivity contribution in [3.05, 3.63) is 64.9 Å². The van der Waals surface area contributed by atoms with E-state index >= 15 is 0 Å². The minimum absolute atomic E-state index is 0.117. The van der Waals surface area contributed by atoms with Gasteiger partial charge in [0.2, 0.25) is 5.91 Å². The third-order valence-corrected chi connectivity index (χ3v) is 4.42. The Balaban J connectivity index is 1.78. The molecule has 0 aliphatic carbocycles. The normalized spacial score (nSPS) is 20.4. The minimum atomic E-state index is -0.786. The van der Waals surface area contributed by atoms with Crippen molar-refractivity contribution in [3.63, 3.8) is 0 Å². The van der Waals surface area contributed by atoms with Gasteiger partial charge in [-0.3, -0.25) is 14.6 Å². The van der Waals surface area contributed by atoms with E-state index in [1.54, 1.807) is 48.6 Å². The number of hydrogen-bond acceptors (Lipinski definition) is 4. The predicted octanol–water partition coefficient (Wildman–Crippen LogP) is 1.95. The molecule has 0 saturated carbocycles. The molecule has 25 heavy (non-hydrogen) atoms. The first kappa shape index (κ1) is 17.4. The summed E-state index contributed by atoms with van der Waals surface area (Å²) in [4.78, 5) is 30.2. The van der Waals surface area contributed by atoms with Crippen molar-refractivity contribution < 1.29 is 14.3 Å². The summed E-state index contributed by atoms with van der Waals surface area (Å²) in [5.74, 6) is -0.436. The monoisotopic (exact) mass is 359 g/mol. The number of likely N-dealkylation sites (N-methyl/N-ethyl adjacent to an activating group) is 1. The second-order valence-electron chi connectivity index (χ2n) is 5.81. The van der Waals surface area contributed by atoms with E-state index in [0.717, 1.165) is 11.1 Å². The number of halogens is 1. The molecule has 1 N–H and O–H groups in total. The predicted molar refractivity (Wildman–Crippen MR) is 92.8 cm³/mol. The average Bonchev–Trinajstić information content (AvgIpc) is 2.63. The number of aromatic nitrogens is 1. The van der Waals surface area contributed by atoms with Crippen LogP contribution in [0.3, 0.4) is 0 Å². The zero-order valence-electron chi connectivity index (χ0n) is 13.7. The summed E-state index contributed by atoms with van der Waals surface area (Å²) in [6, 6.07) is 10.2. The van der Waals surface area contributed by atoms with Crippen LogP contribution in [0.2, 0.25) is 5.02 Å². The Kier molecular flexibility index (Phi) is 5.31. The molecule has 1 aliphatic heterocycles. The van der Waals surface area contributed by atoms with Gasteiger partial charge < -0.3 is 15.0 Å². The van der Waals surface area contributed by atoms with Gasteiger partial charge in [0.05, 0.1) is 6.04 Å². The molecule has 2 amide bonds. The number of benzene rings is 1. The van der Waals surface area contributed by atoms with Gasteiger partial charge in [0, 0.05) is 31.0 Å². The molecule has 0 spiro atoms. The number of hydrogen-bond donors (Lipinski definition) is 1. The summed E-state index contributed by atoms with van der Waals surface area (Å²) in [7, 11) is 1.67. The summed E-state index contributed by atoms with van der Waals surface area (Å²) >= 11 is 5.94. The Morgan fingerprint density at radius 3 is 2.64 bits per heavy atom. The maximum absolute atomic E-state index is 12.7. The Hall–Kier alpha value is -2.44. The van der Waals surface area contributed by atoms with Crippen molar-refractivity contribution in [2.75, 3.05) is 13.7 Å². The van der Waals surface area contributed by atoms with Crippen LogP contribution in [-0.2, 0) is 20.9 Å². The third kappa shape index (κ3) is 3.97. The standard InChI is InChI=1S/C18H18ClN3O3/c1-22-15(23)11-25-17(16(22)13-2-4-14(19)5-3-13)18(24)21-10-12-6-8-20-9-7-12/h2-9,16-17H,10-11H2,1H3,(H,21,24)/t16-,17-/m1/s1. The van der Waals surface area contributed by atoms with E-state index in [1.807, 2.05) is 12.1 Å². The van der Waals surface area contributed by atoms with Crippen molar-refractivity contribution in [1.29, 1.82) is 0 Å². The van der Waals surface area contributed by atoms with Gasteiger partial charge in [-0.05, 0) is 35.4 Å². The van der Waals surface area contributed by atoms with E-state index in [1.165, 1.54) is 0 Å². The van der Waals surface area contributed by atoms with Crippen LogP contribution < -0.4 is 5.32 Å². The van der Waals surface area contributed by atoms with Gasteiger partial charge in [-0.1, -0.05) is 23.7 Å². The zero-order valence-corrected chi connectivity index (χ0v) is 14.4. The molecule has 7 heteroatoms. The van der Waals surface area contributed by atoms with Gasteiger partial charge in [0.15, 0.2) is 6.10 Å². The van der Waals surface area contributed by atoms with Gasteiger partial charge in [-0.2, -0.15) is 0 Å². The molecule has 2 heterocycles. The van der Waals surface area contributed by atoms with Crippen molar-refractivity contribution in [1.82, 2.24) is 15.2 Å². The van der Waals surface area contributed by atoms with Crippen LogP contribution in [0.4, 0.5) is 0 Å². The lowest BCUT2D eigenvalue weighted by Crippen LogP contribution is -2.52. The molecule has 1 aliphatic rings. The molecule has 0 unspecified atom stereocenters. The Morgan fingerprint density at radius 1 is 1.28 bits per heavy atom. The fraction of sp³-hybridized carbons (Fsp3) is 0.278. The molecule has 0 bridgehead atoms. The van der Waals surface area contributed by atoms with Gasteiger partial charge in [0.1, 0.15) is 6.61 Å². The zero-order chi connectivity index (χ0) is 17.8. The molecule has 1 fully saturated rings. The second-order valence-corrected chi connectivity index (χ2v) is 6.24. The number of rotatable bonds is 4. The highest BCUT2D eigenvalue weighted by Gasteiger charge is 2.39. The van der Waals surface area contributed by atoms with Gasteiger partial charge >= 0.3 is 0 Å². The molecule has 1 aromatic carbocycles. The Morgan fingerprint density at radius 2 is 1.96 bits per heavy atom. The quantitative estimate of drug-likeness (QED) is 0.905. The van der Waals surface area contributed by atoms with E-state index in [2.05, 4.69) is 10.3 Å². The van der Waals surface area contributed by atoms with Crippen LogP contribution in [0.5, 0.6) is 0 Å². The van der Waals surface area contributed by atoms with Crippen LogP contribution in [0, 0.1) is 0 Å². The Labute approximate surface area is 150 Å². The van der Waals surface area contributed by atoms with Crippen molar-refractivity contribution >= 4 is 23.4 Å². The lowest BCUT2D eigenvalue weighted by molar-refractivity contribution is -0.162. The fourth-order valence-electron chi connectivity index (χ4n) is 2.78. The highest BCUT2D eigenvalue weighted by molar-refractivity contribution is 6.30. The summed E-state index contributed by atoms with van der Waals surface area (Å²) in [6.45, 7) is 0.250. The van der Waals surface area contributed by atoms with Crippen LogP contribution in [0.1, 0.15) is 17.2 Å². The van der Waals surface area contributed by atoms with E-state index < -0.39 is 12.1 Å². The van der Waals surface area contributed by atoms with E-state index in [4.69, 9.17) is 16.3 Å². The van der Waals surface area contributed by atoms with E-state index in [9.17, 15) is 9.59 Å². The van der Waals surface area contributed by atoms with E-state index in [-0.39, 0.29) is 18.4 Å². The SMILES string of the molecule is CN1C(=O)CO[C@@H](C(=O)NCc2ccncc2)[C@H]1c1ccc(Cl)cc1. The molecular weight excluding hydrogens is 342 g/mol.